The number of pyridine rings is 2. The van der Waals surface area contributed by atoms with Crippen LogP contribution in [0, 0.1) is 0 Å². The Morgan fingerprint density at radius 2 is 1.92 bits per heavy atom. The van der Waals surface area contributed by atoms with Crippen LogP contribution in [0.15, 0.2) is 48.9 Å². The third kappa shape index (κ3) is 4.70. The molecule has 194 valence electrons. The number of H-pyrrole nitrogens is 2. The summed E-state index contributed by atoms with van der Waals surface area (Å²) in [4.78, 5) is 34.3. The fourth-order valence-corrected chi connectivity index (χ4v) is 4.88. The molecule has 1 amide bonds. The van der Waals surface area contributed by atoms with Gasteiger partial charge in [0.25, 0.3) is 0 Å². The average Bonchev–Trinajstić information content (AvgIpc) is 3.56. The lowest BCUT2D eigenvalue weighted by molar-refractivity contribution is -0.116. The van der Waals surface area contributed by atoms with E-state index < -0.39 is 0 Å². The minimum Gasteiger partial charge on any atom is -0.352 e. The lowest BCUT2D eigenvalue weighted by atomic mass is 10.0. The minimum absolute atomic E-state index is 0.00805. The summed E-state index contributed by atoms with van der Waals surface area (Å²) in [5, 5.41) is 11.6. The van der Waals surface area contributed by atoms with Gasteiger partial charge in [-0.15, -0.1) is 0 Å². The molecule has 0 radical (unpaired) electrons. The van der Waals surface area contributed by atoms with Crippen LogP contribution < -0.4 is 10.2 Å². The number of imidazole rings is 1. The SMILES string of the molecule is CCCCC(=O)Nc1cncc(-c2ccc3[nH]nc(-c4nc5c(N6CCN(C)CC6)nccc5[nH]4)c3c2)c1. The first kappa shape index (κ1) is 24.1. The number of amides is 1. The summed E-state index contributed by atoms with van der Waals surface area (Å²) in [6.45, 7) is 5.92. The van der Waals surface area contributed by atoms with Crippen LogP contribution in [0.1, 0.15) is 26.2 Å². The second kappa shape index (κ2) is 10.2. The van der Waals surface area contributed by atoms with E-state index in [9.17, 15) is 4.79 Å². The number of aromatic nitrogens is 6. The van der Waals surface area contributed by atoms with Gasteiger partial charge in [-0.25, -0.2) is 9.97 Å². The molecule has 5 aromatic rings. The molecule has 0 bridgehead atoms. The summed E-state index contributed by atoms with van der Waals surface area (Å²) < 4.78 is 0. The van der Waals surface area contributed by atoms with E-state index in [4.69, 9.17) is 4.98 Å². The van der Waals surface area contributed by atoms with Crippen LogP contribution in [0.4, 0.5) is 11.5 Å². The molecule has 10 nitrogen and oxygen atoms in total. The first-order chi connectivity index (χ1) is 18.6. The lowest BCUT2D eigenvalue weighted by Gasteiger charge is -2.33. The van der Waals surface area contributed by atoms with Crippen molar-refractivity contribution < 1.29 is 4.79 Å². The molecule has 6 rings (SSSR count). The number of unbranched alkanes of at least 4 members (excludes halogenated alkanes) is 1. The van der Waals surface area contributed by atoms with Crippen LogP contribution in [0.3, 0.4) is 0 Å². The Hall–Kier alpha value is -4.31. The summed E-state index contributed by atoms with van der Waals surface area (Å²) in [7, 11) is 2.14. The molecule has 5 heterocycles. The van der Waals surface area contributed by atoms with Gasteiger partial charge < -0.3 is 20.1 Å². The molecular weight excluding hydrogens is 478 g/mol. The molecule has 1 aliphatic rings. The molecule has 1 fully saturated rings. The first-order valence-electron chi connectivity index (χ1n) is 13.1. The van der Waals surface area contributed by atoms with Crippen molar-refractivity contribution in [3.63, 3.8) is 0 Å². The summed E-state index contributed by atoms with van der Waals surface area (Å²) in [6.07, 6.45) is 7.67. The Morgan fingerprint density at radius 1 is 1.05 bits per heavy atom. The van der Waals surface area contributed by atoms with E-state index in [2.05, 4.69) is 60.3 Å². The van der Waals surface area contributed by atoms with Crippen molar-refractivity contribution in [1.29, 1.82) is 0 Å². The molecular formula is C28H31N9O. The van der Waals surface area contributed by atoms with Crippen molar-refractivity contribution in [1.82, 2.24) is 35.0 Å². The molecule has 0 spiro atoms. The number of carbonyl (C=O) groups excluding carboxylic acids is 1. The number of aromatic amines is 2. The van der Waals surface area contributed by atoms with Crippen LogP contribution >= 0.6 is 0 Å². The van der Waals surface area contributed by atoms with Crippen LogP contribution in [0.2, 0.25) is 0 Å². The number of piperazine rings is 1. The topological polar surface area (TPSA) is 119 Å². The van der Waals surface area contributed by atoms with E-state index in [1.807, 2.05) is 30.5 Å². The standard InChI is InChI=1S/C28H31N9O/c1-3-4-5-24(38)31-20-14-19(16-29-17-20)18-6-7-22-21(15-18)25(35-34-22)27-32-23-8-9-30-28(26(23)33-27)37-12-10-36(2)11-13-37/h6-9,14-17H,3-5,10-13H2,1-2H3,(H,31,38)(H,32,33)(H,34,35). The van der Waals surface area contributed by atoms with E-state index in [-0.39, 0.29) is 5.91 Å². The van der Waals surface area contributed by atoms with Gasteiger partial charge in [0.05, 0.1) is 22.9 Å². The third-order valence-corrected chi connectivity index (χ3v) is 7.08. The molecule has 1 aliphatic heterocycles. The number of rotatable bonds is 7. The Balaban J connectivity index is 1.33. The van der Waals surface area contributed by atoms with E-state index in [0.29, 0.717) is 17.9 Å². The van der Waals surface area contributed by atoms with Crippen LogP contribution in [0.5, 0.6) is 0 Å². The summed E-state index contributed by atoms with van der Waals surface area (Å²) in [6, 6.07) is 10.0. The van der Waals surface area contributed by atoms with E-state index in [1.54, 1.807) is 12.4 Å². The Morgan fingerprint density at radius 3 is 2.76 bits per heavy atom. The second-order valence-electron chi connectivity index (χ2n) is 9.85. The van der Waals surface area contributed by atoms with Crippen molar-refractivity contribution in [3.05, 3.63) is 48.9 Å². The molecule has 0 aliphatic carbocycles. The molecule has 3 N–H and O–H groups in total. The van der Waals surface area contributed by atoms with Gasteiger partial charge in [-0.05, 0) is 43.3 Å². The molecule has 0 unspecified atom stereocenters. The van der Waals surface area contributed by atoms with Gasteiger partial charge in [0.15, 0.2) is 11.6 Å². The van der Waals surface area contributed by atoms with Gasteiger partial charge in [-0.2, -0.15) is 5.10 Å². The predicted molar refractivity (Wildman–Crippen MR) is 150 cm³/mol. The van der Waals surface area contributed by atoms with Crippen LogP contribution in [-0.4, -0.2) is 74.2 Å². The Kier molecular flexibility index (Phi) is 6.47. The minimum atomic E-state index is 0.00805. The average molecular weight is 510 g/mol. The second-order valence-corrected chi connectivity index (χ2v) is 9.85. The number of benzene rings is 1. The highest BCUT2D eigenvalue weighted by Crippen LogP contribution is 2.32. The quantitative estimate of drug-likeness (QED) is 0.297. The highest BCUT2D eigenvalue weighted by atomic mass is 16.1. The van der Waals surface area contributed by atoms with E-state index in [0.717, 1.165) is 83.6 Å². The first-order valence-corrected chi connectivity index (χ1v) is 13.1. The highest BCUT2D eigenvalue weighted by Gasteiger charge is 2.21. The van der Waals surface area contributed by atoms with Crippen molar-refractivity contribution in [2.75, 3.05) is 43.4 Å². The van der Waals surface area contributed by atoms with Crippen LogP contribution in [-0.2, 0) is 4.79 Å². The number of anilines is 2. The maximum atomic E-state index is 12.2. The third-order valence-electron chi connectivity index (χ3n) is 7.08. The van der Waals surface area contributed by atoms with Gasteiger partial charge in [0, 0.05) is 55.9 Å². The van der Waals surface area contributed by atoms with Crippen molar-refractivity contribution in [2.24, 2.45) is 0 Å². The molecule has 0 saturated carbocycles. The van der Waals surface area contributed by atoms with E-state index in [1.165, 1.54) is 0 Å². The number of hydrogen-bond acceptors (Lipinski definition) is 7. The number of carbonyl (C=O) groups is 1. The molecule has 38 heavy (non-hydrogen) atoms. The molecule has 1 aromatic carbocycles. The lowest BCUT2D eigenvalue weighted by Crippen LogP contribution is -2.44. The van der Waals surface area contributed by atoms with Gasteiger partial charge >= 0.3 is 0 Å². The molecule has 10 heteroatoms. The fourth-order valence-electron chi connectivity index (χ4n) is 4.88. The molecule has 0 atom stereocenters. The smallest absolute Gasteiger partial charge is 0.224 e. The summed E-state index contributed by atoms with van der Waals surface area (Å²) in [5.41, 5.74) is 6.05. The monoisotopic (exact) mass is 509 g/mol. The summed E-state index contributed by atoms with van der Waals surface area (Å²) >= 11 is 0. The van der Waals surface area contributed by atoms with Crippen molar-refractivity contribution >= 4 is 39.3 Å². The highest BCUT2D eigenvalue weighted by molar-refractivity contribution is 5.97. The zero-order valence-corrected chi connectivity index (χ0v) is 21.7. The Labute approximate surface area is 220 Å². The maximum Gasteiger partial charge on any atom is 0.224 e. The van der Waals surface area contributed by atoms with E-state index >= 15 is 0 Å². The number of fused-ring (bicyclic) bond motifs is 2. The number of likely N-dealkylation sites (N-methyl/N-ethyl adjacent to an activating group) is 1. The molecule has 1 saturated heterocycles. The molecule has 4 aromatic heterocycles. The zero-order valence-electron chi connectivity index (χ0n) is 21.7. The number of nitrogens with zero attached hydrogens (tertiary/aromatic N) is 6. The number of hydrogen-bond donors (Lipinski definition) is 3. The predicted octanol–water partition coefficient (Wildman–Crippen LogP) is 4.44. The van der Waals surface area contributed by atoms with Gasteiger partial charge in [0.1, 0.15) is 11.2 Å². The fraction of sp³-hybridized carbons (Fsp3) is 0.321. The van der Waals surface area contributed by atoms with Gasteiger partial charge in [-0.3, -0.25) is 14.9 Å². The largest absolute Gasteiger partial charge is 0.352 e. The van der Waals surface area contributed by atoms with Gasteiger partial charge in [0.2, 0.25) is 5.91 Å². The number of nitrogens with one attached hydrogen (secondary N) is 3. The zero-order chi connectivity index (χ0) is 26.1. The van der Waals surface area contributed by atoms with Crippen molar-refractivity contribution in [2.45, 2.75) is 26.2 Å². The maximum absolute atomic E-state index is 12.2. The normalized spacial score (nSPS) is 14.4. The van der Waals surface area contributed by atoms with Crippen LogP contribution in [0.25, 0.3) is 44.6 Å². The van der Waals surface area contributed by atoms with Gasteiger partial charge in [-0.1, -0.05) is 19.4 Å². The van der Waals surface area contributed by atoms with Crippen molar-refractivity contribution in [3.8, 4) is 22.6 Å². The Bertz CT molecular complexity index is 1600. The summed E-state index contributed by atoms with van der Waals surface area (Å²) in [5.74, 6) is 1.61.